The van der Waals surface area contributed by atoms with Crippen LogP contribution in [0.15, 0.2) is 23.0 Å². The van der Waals surface area contributed by atoms with Gasteiger partial charge in [-0.25, -0.2) is 9.50 Å². The summed E-state index contributed by atoms with van der Waals surface area (Å²) in [4.78, 5) is 32.4. The lowest BCUT2D eigenvalue weighted by atomic mass is 9.92. The standard InChI is InChI=1S/C20H24N4O3/c1-3-13-11(2)21-18-10-15(22-24(18)20(13)26)16-5-4-8-23(16)19(25)14-9-12-6-7-17(14)27-12/h6-7,10,12,14,16-17,22H,3-5,8-9H2,1-2H3/t12-,14+,16-,17-/m0/s1. The third-order valence-electron chi connectivity index (χ3n) is 6.23. The Kier molecular flexibility index (Phi) is 3.75. The molecule has 0 saturated carbocycles. The van der Waals surface area contributed by atoms with Crippen LogP contribution >= 0.6 is 0 Å². The highest BCUT2D eigenvalue weighted by molar-refractivity contribution is 5.81. The third-order valence-corrected chi connectivity index (χ3v) is 6.23. The summed E-state index contributed by atoms with van der Waals surface area (Å²) in [5, 5.41) is 3.22. The van der Waals surface area contributed by atoms with E-state index in [1.807, 2.05) is 30.9 Å². The molecule has 1 N–H and O–H groups in total. The van der Waals surface area contributed by atoms with Crippen molar-refractivity contribution in [1.82, 2.24) is 19.5 Å². The van der Waals surface area contributed by atoms with Crippen molar-refractivity contribution in [3.05, 3.63) is 45.5 Å². The molecule has 5 rings (SSSR count). The Labute approximate surface area is 157 Å². The average molecular weight is 368 g/mol. The lowest BCUT2D eigenvalue weighted by molar-refractivity contribution is -0.137. The Bertz CT molecular complexity index is 1000. The number of rotatable bonds is 3. The molecular weight excluding hydrogens is 344 g/mol. The van der Waals surface area contributed by atoms with Gasteiger partial charge in [-0.1, -0.05) is 19.1 Å². The second-order valence-corrected chi connectivity index (χ2v) is 7.80. The van der Waals surface area contributed by atoms with E-state index in [0.29, 0.717) is 12.1 Å². The van der Waals surface area contributed by atoms with Crippen molar-refractivity contribution < 1.29 is 9.53 Å². The quantitative estimate of drug-likeness (QED) is 0.839. The molecule has 5 heterocycles. The van der Waals surface area contributed by atoms with Crippen molar-refractivity contribution >= 4 is 11.6 Å². The van der Waals surface area contributed by atoms with Crippen LogP contribution in [-0.4, -0.2) is 44.2 Å². The number of hydrogen-bond donors (Lipinski definition) is 1. The molecule has 2 aromatic rings. The Morgan fingerprint density at radius 2 is 2.26 bits per heavy atom. The molecule has 2 saturated heterocycles. The van der Waals surface area contributed by atoms with E-state index in [9.17, 15) is 9.59 Å². The Morgan fingerprint density at radius 1 is 1.41 bits per heavy atom. The van der Waals surface area contributed by atoms with Crippen LogP contribution in [0.3, 0.4) is 0 Å². The predicted molar refractivity (Wildman–Crippen MR) is 99.5 cm³/mol. The molecule has 0 aliphatic carbocycles. The topological polar surface area (TPSA) is 79.7 Å². The van der Waals surface area contributed by atoms with Gasteiger partial charge in [-0.3, -0.25) is 14.7 Å². The number of nitrogens with one attached hydrogen (secondary N) is 1. The molecule has 2 fully saturated rings. The molecule has 0 aromatic carbocycles. The van der Waals surface area contributed by atoms with Crippen LogP contribution in [0.2, 0.25) is 0 Å². The van der Waals surface area contributed by atoms with Gasteiger partial charge in [0.1, 0.15) is 0 Å². The fourth-order valence-corrected chi connectivity index (χ4v) is 4.85. The van der Waals surface area contributed by atoms with Crippen molar-refractivity contribution in [3.63, 3.8) is 0 Å². The van der Waals surface area contributed by atoms with Crippen molar-refractivity contribution in [1.29, 1.82) is 0 Å². The molecule has 3 aliphatic heterocycles. The number of likely N-dealkylation sites (tertiary alicyclic amines) is 1. The SMILES string of the molecule is CCc1c(C)nc2cc([C@@H]3CCCN3C(=O)[C@@H]3C[C@@H]4C=C[C@@H]3O4)[nH]n2c1=O. The summed E-state index contributed by atoms with van der Waals surface area (Å²) >= 11 is 0. The van der Waals surface area contributed by atoms with Gasteiger partial charge < -0.3 is 9.64 Å². The van der Waals surface area contributed by atoms with E-state index in [0.717, 1.165) is 42.8 Å². The summed E-state index contributed by atoms with van der Waals surface area (Å²) in [5.41, 5.74) is 2.96. The van der Waals surface area contributed by atoms with Crippen LogP contribution in [0, 0.1) is 12.8 Å². The van der Waals surface area contributed by atoms with Gasteiger partial charge in [0.2, 0.25) is 5.91 Å². The number of amides is 1. The first kappa shape index (κ1) is 16.7. The van der Waals surface area contributed by atoms with Gasteiger partial charge >= 0.3 is 0 Å². The number of carbonyl (C=O) groups is 1. The van der Waals surface area contributed by atoms with Crippen LogP contribution in [0.25, 0.3) is 5.65 Å². The number of nitrogens with zero attached hydrogens (tertiary/aromatic N) is 3. The summed E-state index contributed by atoms with van der Waals surface area (Å²) in [7, 11) is 0. The number of fused-ring (bicyclic) bond motifs is 3. The number of aromatic amines is 1. The number of ether oxygens (including phenoxy) is 1. The van der Waals surface area contributed by atoms with Gasteiger partial charge in [-0.2, -0.15) is 0 Å². The molecule has 0 radical (unpaired) electrons. The van der Waals surface area contributed by atoms with Gasteiger partial charge in [-0.15, -0.1) is 0 Å². The largest absolute Gasteiger partial charge is 0.366 e. The predicted octanol–water partition coefficient (Wildman–Crippen LogP) is 1.90. The Morgan fingerprint density at radius 3 is 2.96 bits per heavy atom. The van der Waals surface area contributed by atoms with E-state index >= 15 is 0 Å². The smallest absolute Gasteiger partial charge is 0.276 e. The van der Waals surface area contributed by atoms with Crippen molar-refractivity contribution in [3.8, 4) is 0 Å². The molecular formula is C20H24N4O3. The van der Waals surface area contributed by atoms with E-state index < -0.39 is 0 Å². The summed E-state index contributed by atoms with van der Waals surface area (Å²) in [6, 6.07) is 1.88. The highest BCUT2D eigenvalue weighted by atomic mass is 16.5. The summed E-state index contributed by atoms with van der Waals surface area (Å²) < 4.78 is 7.31. The number of H-pyrrole nitrogens is 1. The number of carbonyl (C=O) groups excluding carboxylic acids is 1. The van der Waals surface area contributed by atoms with Gasteiger partial charge in [0, 0.05) is 23.9 Å². The van der Waals surface area contributed by atoms with Gasteiger partial charge in [-0.05, 0) is 32.6 Å². The monoisotopic (exact) mass is 368 g/mol. The van der Waals surface area contributed by atoms with Crippen LogP contribution < -0.4 is 5.56 Å². The first-order valence-corrected chi connectivity index (χ1v) is 9.82. The van der Waals surface area contributed by atoms with E-state index in [1.165, 1.54) is 4.52 Å². The fraction of sp³-hybridized carbons (Fsp3) is 0.550. The molecule has 1 amide bonds. The fourth-order valence-electron chi connectivity index (χ4n) is 4.85. The minimum absolute atomic E-state index is 0.0351. The molecule has 27 heavy (non-hydrogen) atoms. The molecule has 7 nitrogen and oxygen atoms in total. The molecule has 0 unspecified atom stereocenters. The lowest BCUT2D eigenvalue weighted by Crippen LogP contribution is -2.39. The second-order valence-electron chi connectivity index (χ2n) is 7.80. The minimum Gasteiger partial charge on any atom is -0.366 e. The lowest BCUT2D eigenvalue weighted by Gasteiger charge is -2.28. The van der Waals surface area contributed by atoms with Crippen molar-refractivity contribution in [2.45, 2.75) is 57.8 Å². The van der Waals surface area contributed by atoms with Crippen molar-refractivity contribution in [2.24, 2.45) is 5.92 Å². The number of hydrogen-bond acceptors (Lipinski definition) is 4. The van der Waals surface area contributed by atoms with E-state index in [4.69, 9.17) is 4.74 Å². The minimum atomic E-state index is -0.0836. The second kappa shape index (κ2) is 6.05. The number of aryl methyl sites for hydroxylation is 1. The normalized spacial score (nSPS) is 29.3. The zero-order valence-corrected chi connectivity index (χ0v) is 15.6. The molecule has 4 atom stereocenters. The van der Waals surface area contributed by atoms with Gasteiger partial charge in [0.15, 0.2) is 5.65 Å². The van der Waals surface area contributed by atoms with Crippen LogP contribution in [0.5, 0.6) is 0 Å². The zero-order valence-electron chi connectivity index (χ0n) is 15.6. The van der Waals surface area contributed by atoms with E-state index in [1.54, 1.807) is 0 Å². The van der Waals surface area contributed by atoms with Crippen molar-refractivity contribution in [2.75, 3.05) is 6.54 Å². The zero-order chi connectivity index (χ0) is 18.7. The van der Waals surface area contributed by atoms with E-state index in [-0.39, 0.29) is 35.6 Å². The summed E-state index contributed by atoms with van der Waals surface area (Å²) in [6.45, 7) is 4.59. The van der Waals surface area contributed by atoms with Gasteiger partial charge in [0.25, 0.3) is 5.56 Å². The maximum Gasteiger partial charge on any atom is 0.276 e. The maximum atomic E-state index is 13.2. The first-order valence-electron chi connectivity index (χ1n) is 9.82. The molecule has 3 aliphatic rings. The first-order chi connectivity index (χ1) is 13.1. The Hall–Kier alpha value is -2.41. The van der Waals surface area contributed by atoms with E-state index in [2.05, 4.69) is 16.2 Å². The van der Waals surface area contributed by atoms with Gasteiger partial charge in [0.05, 0.1) is 29.9 Å². The molecule has 142 valence electrons. The average Bonchev–Trinajstić information content (AvgIpc) is 3.42. The maximum absolute atomic E-state index is 13.2. The summed E-state index contributed by atoms with van der Waals surface area (Å²) in [6.07, 6.45) is 7.37. The molecule has 2 aromatic heterocycles. The molecule has 0 spiro atoms. The highest BCUT2D eigenvalue weighted by Crippen LogP contribution is 2.39. The van der Waals surface area contributed by atoms with Crippen LogP contribution in [0.1, 0.15) is 49.2 Å². The molecule has 2 bridgehead atoms. The summed E-state index contributed by atoms with van der Waals surface area (Å²) in [5.74, 6) is 0.0819. The number of aromatic nitrogens is 3. The van der Waals surface area contributed by atoms with Crippen LogP contribution in [0.4, 0.5) is 0 Å². The van der Waals surface area contributed by atoms with Crippen LogP contribution in [-0.2, 0) is 16.0 Å². The Balaban J connectivity index is 1.48. The molecule has 7 heteroatoms. The highest BCUT2D eigenvalue weighted by Gasteiger charge is 2.45. The third kappa shape index (κ3) is 2.48.